The molecule has 0 saturated carbocycles. The molecule has 0 spiro atoms. The molecule has 0 aliphatic heterocycles. The molecule has 0 unspecified atom stereocenters. The second kappa shape index (κ2) is 9.58. The van der Waals surface area contributed by atoms with Crippen molar-refractivity contribution in [3.63, 3.8) is 0 Å². The standard InChI is InChI=1S/C17H23NO6S2.C2H6.CH5N/c1-12-4-6-14(16(10-12)25(3,19,20)21)8-9-15-7-5-13(2)11-17(15)26(18,22,23)24;2*1-2/h4-11H,1-3H3,(H2,19,20,21)(H4,18,22,23,24);1-2H3;2H2,1H3/p-4/b9-8+;;. The van der Waals surface area contributed by atoms with Crippen molar-refractivity contribution < 1.29 is 26.6 Å². The van der Waals surface area contributed by atoms with E-state index in [2.05, 4.69) is 5.73 Å². The van der Waals surface area contributed by atoms with Crippen LogP contribution in [0.5, 0.6) is 0 Å². The smallest absolute Gasteiger partial charge is 0.0123 e. The number of hydrogen-bond donors (Lipinski definition) is 2. The summed E-state index contributed by atoms with van der Waals surface area (Å²) in [5, 5.41) is 4.94. The largest absolute Gasteiger partial charge is 0.795 e. The van der Waals surface area contributed by atoms with Crippen LogP contribution in [0.4, 0.5) is 0 Å². The summed E-state index contributed by atoms with van der Waals surface area (Å²) in [6.07, 6.45) is 3.07. The van der Waals surface area contributed by atoms with Gasteiger partial charge in [0.05, 0.1) is 0 Å². The van der Waals surface area contributed by atoms with Crippen molar-refractivity contribution in [2.24, 2.45) is 10.9 Å². The number of sulfone groups is 3. The Balaban J connectivity index is 0.00000198. The third kappa shape index (κ3) is 8.17. The summed E-state index contributed by atoms with van der Waals surface area (Å²) in [5.41, 5.74) is 5.65. The zero-order valence-corrected chi connectivity index (χ0v) is 19.7. The van der Waals surface area contributed by atoms with Crippen LogP contribution in [-0.2, 0) is 19.4 Å². The molecule has 10 heteroatoms. The molecule has 0 atom stereocenters. The van der Waals surface area contributed by atoms with E-state index in [1.54, 1.807) is 26.0 Å². The molecule has 2 aromatic carbocycles. The van der Waals surface area contributed by atoms with Crippen molar-refractivity contribution in [2.75, 3.05) is 13.3 Å². The number of sulfonamides is 3. The first-order valence-corrected chi connectivity index (χ1v) is 13.1. The van der Waals surface area contributed by atoms with Gasteiger partial charge in [-0.25, -0.2) is 0 Å². The molecule has 4 N–H and O–H groups in total. The van der Waals surface area contributed by atoms with Crippen LogP contribution >= 0.6 is 0 Å². The Morgan fingerprint density at radius 2 is 1.10 bits per heavy atom. The molecule has 0 fully saturated rings. The van der Waals surface area contributed by atoms with Crippen LogP contribution in [-0.4, -0.2) is 39.9 Å². The zero-order chi connectivity index (χ0) is 24.0. The summed E-state index contributed by atoms with van der Waals surface area (Å²) in [6, 6.07) is 8.35. The molecule has 0 amide bonds. The number of rotatable bonds is 4. The topological polar surface area (TPSA) is 178 Å². The molecular weight excluding hydrogens is 428 g/mol. The van der Waals surface area contributed by atoms with Gasteiger partial charge in [-0.1, -0.05) is 55.8 Å². The molecule has 8 nitrogen and oxygen atoms in total. The Labute approximate surface area is 178 Å². The second-order valence-electron chi connectivity index (χ2n) is 6.43. The van der Waals surface area contributed by atoms with E-state index in [-0.39, 0.29) is 11.1 Å². The second-order valence-corrected chi connectivity index (χ2v) is 11.4. The molecule has 0 aliphatic rings. The molecule has 0 aromatic heterocycles. The van der Waals surface area contributed by atoms with E-state index in [4.69, 9.17) is 5.14 Å². The highest BCUT2D eigenvalue weighted by molar-refractivity contribution is 8.09. The average molecular weight is 459 g/mol. The van der Waals surface area contributed by atoms with Gasteiger partial charge in [-0.15, -0.1) is 9.81 Å². The number of nitrogens with two attached hydrogens (primary N) is 2. The number of hydrogen-bond acceptors (Lipinski definition) is 7. The van der Waals surface area contributed by atoms with E-state index in [1.165, 1.54) is 37.4 Å². The third-order valence-corrected chi connectivity index (χ3v) is 6.14. The number of primary sulfonamides is 3. The van der Waals surface area contributed by atoms with Gasteiger partial charge in [-0.2, -0.15) is 9.63 Å². The van der Waals surface area contributed by atoms with Gasteiger partial charge in [0, 0.05) is 9.79 Å². The molecule has 0 saturated heterocycles. The van der Waals surface area contributed by atoms with E-state index in [1.807, 2.05) is 13.8 Å². The lowest BCUT2D eigenvalue weighted by molar-refractivity contribution is 0.358. The van der Waals surface area contributed by atoms with Crippen LogP contribution in [0.15, 0.2) is 46.2 Å². The van der Waals surface area contributed by atoms with Crippen molar-refractivity contribution in [3.05, 3.63) is 58.7 Å². The van der Waals surface area contributed by atoms with E-state index < -0.39 is 29.2 Å². The molecule has 0 bridgehead atoms. The van der Waals surface area contributed by atoms with Gasteiger partial charge in [-0.3, -0.25) is 9.35 Å². The SMILES string of the molecule is CC.CN.Cc1ccc(/C=C/c2ccc(C)cc2S(N)(=O)([O-])[O-])c(S(C)(=O)([O-])[O-])c1. The van der Waals surface area contributed by atoms with Gasteiger partial charge < -0.3 is 28.2 Å². The Morgan fingerprint density at radius 1 is 0.767 bits per heavy atom. The first-order valence-electron chi connectivity index (χ1n) is 9.02. The highest BCUT2D eigenvalue weighted by Gasteiger charge is 2.14. The highest BCUT2D eigenvalue weighted by atomic mass is 32.3. The van der Waals surface area contributed by atoms with Crippen molar-refractivity contribution in [1.82, 2.24) is 0 Å². The Morgan fingerprint density at radius 3 is 1.43 bits per heavy atom. The maximum atomic E-state index is 12.0. The fourth-order valence-electron chi connectivity index (χ4n) is 2.45. The molecule has 2 rings (SSSR count). The number of aryl methyl sites for hydroxylation is 2. The van der Waals surface area contributed by atoms with Crippen LogP contribution in [0.25, 0.3) is 12.2 Å². The van der Waals surface area contributed by atoms with Crippen LogP contribution in [0.1, 0.15) is 36.1 Å². The lowest BCUT2D eigenvalue weighted by Crippen LogP contribution is -2.42. The minimum atomic E-state index is -6.01. The lowest BCUT2D eigenvalue weighted by Gasteiger charge is -2.53. The Kier molecular flexibility index (Phi) is 9.02. The predicted octanol–water partition coefficient (Wildman–Crippen LogP) is 2.46. The summed E-state index contributed by atoms with van der Waals surface area (Å²) in [4.78, 5) is -1.05. The van der Waals surface area contributed by atoms with Gasteiger partial charge in [0.15, 0.2) is 0 Å². The van der Waals surface area contributed by atoms with Gasteiger partial charge in [-0.05, 0) is 56.0 Å². The van der Waals surface area contributed by atoms with Crippen LogP contribution in [0.3, 0.4) is 0 Å². The van der Waals surface area contributed by atoms with Crippen LogP contribution in [0, 0.1) is 13.8 Å². The molecule has 2 aromatic rings. The highest BCUT2D eigenvalue weighted by Crippen LogP contribution is 2.32. The zero-order valence-electron chi connectivity index (χ0n) is 18.0. The van der Waals surface area contributed by atoms with Gasteiger partial charge in [0.25, 0.3) is 0 Å². The van der Waals surface area contributed by atoms with Crippen molar-refractivity contribution >= 4 is 31.6 Å². The minimum absolute atomic E-state index is 0.0110. The van der Waals surface area contributed by atoms with Crippen LogP contribution < -0.4 is 10.9 Å². The molecule has 0 heterocycles. The molecule has 0 aliphatic carbocycles. The molecule has 172 valence electrons. The monoisotopic (exact) mass is 458 g/mol. The number of benzene rings is 2. The molecule has 0 radical (unpaired) electrons. The average Bonchev–Trinajstić information content (AvgIpc) is 2.62. The van der Waals surface area contributed by atoms with E-state index in [0.717, 1.165) is 6.07 Å². The minimum Gasteiger partial charge on any atom is -0.795 e. The van der Waals surface area contributed by atoms with Crippen molar-refractivity contribution in [3.8, 4) is 0 Å². The van der Waals surface area contributed by atoms with Gasteiger partial charge in [0.1, 0.15) is 0 Å². The Hall–Kier alpha value is -1.76. The molecule has 30 heavy (non-hydrogen) atoms. The summed E-state index contributed by atoms with van der Waals surface area (Å²) >= 11 is 0. The fraction of sp³-hybridized carbons (Fsp3) is 0.300. The maximum absolute atomic E-state index is 12.0. The summed E-state index contributed by atoms with van der Waals surface area (Å²) in [5.74, 6) is 0. The van der Waals surface area contributed by atoms with Crippen molar-refractivity contribution in [1.29, 1.82) is 0 Å². The summed E-state index contributed by atoms with van der Waals surface area (Å²) in [6.45, 7) is 7.23. The fourth-order valence-corrected chi connectivity index (χ4v) is 4.52. The first-order chi connectivity index (χ1) is 13.5. The van der Waals surface area contributed by atoms with E-state index in [9.17, 15) is 26.6 Å². The Bertz CT molecular complexity index is 946. The van der Waals surface area contributed by atoms with Gasteiger partial charge in [0.2, 0.25) is 0 Å². The first kappa shape index (κ1) is 28.2. The predicted molar refractivity (Wildman–Crippen MR) is 119 cm³/mol. The maximum Gasteiger partial charge on any atom is 0.0123 e. The summed E-state index contributed by atoms with van der Waals surface area (Å²) in [7, 11) is -10.0. The van der Waals surface area contributed by atoms with Crippen LogP contribution in [0.2, 0.25) is 0 Å². The quantitative estimate of drug-likeness (QED) is 0.660. The van der Waals surface area contributed by atoms with Gasteiger partial charge >= 0.3 is 0 Å². The normalized spacial score (nSPS) is 14.3. The summed E-state index contributed by atoms with van der Waals surface area (Å²) < 4.78 is 71.3. The molecular formula is C20H30N2O6S2-4. The van der Waals surface area contributed by atoms with Crippen molar-refractivity contribution in [2.45, 2.75) is 37.5 Å². The van der Waals surface area contributed by atoms with E-state index in [0.29, 0.717) is 17.4 Å². The third-order valence-electron chi connectivity index (χ3n) is 3.67. The van der Waals surface area contributed by atoms with E-state index >= 15 is 0 Å². The lowest BCUT2D eigenvalue weighted by atomic mass is 10.1.